The molecule has 0 spiro atoms. The van der Waals surface area contributed by atoms with Crippen molar-refractivity contribution in [3.05, 3.63) is 0 Å². The van der Waals surface area contributed by atoms with Crippen molar-refractivity contribution >= 4 is 116 Å². The summed E-state index contributed by atoms with van der Waals surface area (Å²) in [6, 6.07) is 0. The molecule has 3 nitrogen and oxygen atoms in total. The second kappa shape index (κ2) is 15.9. The minimum Gasteiger partial charge on any atom is -0.450 e. The first-order valence-corrected chi connectivity index (χ1v) is 0.651. The Morgan fingerprint density at radius 3 is 1.14 bits per heavy atom. The fourth-order valence-electron chi connectivity index (χ4n) is 0. The molecule has 7 heavy (non-hydrogen) atoms. The Kier molecular flexibility index (Phi) is 51.3. The van der Waals surface area contributed by atoms with E-state index in [9.17, 15) is 0 Å². The van der Waals surface area contributed by atoms with E-state index in [-0.39, 0.29) is 110 Å². The van der Waals surface area contributed by atoms with E-state index in [1.807, 2.05) is 0 Å². The van der Waals surface area contributed by atoms with E-state index in [1.54, 1.807) is 0 Å². The quantitative estimate of drug-likeness (QED) is 0.583. The zero-order chi connectivity index (χ0) is 3.58. The van der Waals surface area contributed by atoms with Crippen molar-refractivity contribution in [3.8, 4) is 0 Å². The number of hydrogen-bond acceptors (Lipinski definition) is 1. The van der Waals surface area contributed by atoms with Crippen LogP contribution in [0.25, 0.3) is 0 Å². The molecule has 32 valence electrons. The minimum absolute atomic E-state index is 0. The van der Waals surface area contributed by atoms with Crippen LogP contribution in [0, 0.1) is 0 Å². The van der Waals surface area contributed by atoms with Crippen molar-refractivity contribution in [1.29, 1.82) is 0 Å². The van der Waals surface area contributed by atoms with E-state index in [4.69, 9.17) is 15.0 Å². The summed E-state index contributed by atoms with van der Waals surface area (Å²) in [5.41, 5.74) is 0. The average Bonchev–Trinajstić information content (AvgIpc) is 0.811. The monoisotopic (exact) mass is 374 g/mol. The molecule has 0 saturated carbocycles. The molecule has 6 heteroatoms. The van der Waals surface area contributed by atoms with Crippen LogP contribution in [-0.4, -0.2) is 114 Å². The minimum atomic E-state index is -1.83. The number of carboxylic acid groups (broad SMARTS) is 2. The molecule has 0 radical (unpaired) electrons. The third kappa shape index (κ3) is 53.5. The van der Waals surface area contributed by atoms with Gasteiger partial charge in [-0.1, -0.05) is 0 Å². The van der Waals surface area contributed by atoms with Crippen LogP contribution in [0.4, 0.5) is 4.79 Å². The van der Waals surface area contributed by atoms with Gasteiger partial charge in [-0.15, -0.1) is 12.4 Å². The molecule has 0 amide bonds. The fourth-order valence-corrected chi connectivity index (χ4v) is 0. The van der Waals surface area contributed by atoms with Crippen molar-refractivity contribution in [2.45, 2.75) is 0 Å². The van der Waals surface area contributed by atoms with Gasteiger partial charge in [0.25, 0.3) is 0 Å². The van der Waals surface area contributed by atoms with Crippen molar-refractivity contribution in [2.75, 3.05) is 0 Å². The molecule has 2 N–H and O–H groups in total. The normalized spacial score (nSPS) is 3.43. The summed E-state index contributed by atoms with van der Waals surface area (Å²) < 4.78 is 0. The van der Waals surface area contributed by atoms with E-state index in [2.05, 4.69) is 0 Å². The Morgan fingerprint density at radius 1 is 1.14 bits per heavy atom. The standard InChI is InChI=1S/CH2O3.2Ba.ClH/c2-1(3)4;;;/h(H2,2,3,4);;;1H/q;2*+2;. The van der Waals surface area contributed by atoms with E-state index < -0.39 is 6.16 Å². The van der Waals surface area contributed by atoms with Crippen LogP contribution in [-0.2, 0) is 0 Å². The van der Waals surface area contributed by atoms with Gasteiger partial charge in [0.05, 0.1) is 0 Å². The van der Waals surface area contributed by atoms with Gasteiger partial charge in [-0.05, 0) is 0 Å². The molecule has 0 fully saturated rings. The molecular weight excluding hydrogens is 370 g/mol. The van der Waals surface area contributed by atoms with Crippen LogP contribution in [0.5, 0.6) is 0 Å². The number of hydrogen-bond donors (Lipinski definition) is 2. The summed E-state index contributed by atoms with van der Waals surface area (Å²) in [5, 5.41) is 13.9. The maximum absolute atomic E-state index is 8.56. The summed E-state index contributed by atoms with van der Waals surface area (Å²) in [6.07, 6.45) is -1.83. The van der Waals surface area contributed by atoms with Crippen molar-refractivity contribution < 1.29 is 15.0 Å². The number of halogens is 1. The van der Waals surface area contributed by atoms with Gasteiger partial charge in [0.1, 0.15) is 0 Å². The van der Waals surface area contributed by atoms with Gasteiger partial charge in [0, 0.05) is 0 Å². The Labute approximate surface area is 128 Å². The van der Waals surface area contributed by atoms with E-state index in [1.165, 1.54) is 0 Å². The molecule has 0 rings (SSSR count). The van der Waals surface area contributed by atoms with Crippen molar-refractivity contribution in [1.82, 2.24) is 0 Å². The van der Waals surface area contributed by atoms with Gasteiger partial charge in [0.15, 0.2) is 0 Å². The van der Waals surface area contributed by atoms with Crippen LogP contribution < -0.4 is 0 Å². The van der Waals surface area contributed by atoms with Crippen LogP contribution >= 0.6 is 12.4 Å². The number of carbonyl (C=O) groups is 1. The second-order valence-electron chi connectivity index (χ2n) is 0.283. The zero-order valence-electron chi connectivity index (χ0n) is 3.63. The Bertz CT molecular complexity index is 35.9. The summed E-state index contributed by atoms with van der Waals surface area (Å²) in [7, 11) is 0. The molecule has 0 saturated heterocycles. The molecule has 0 bridgehead atoms. The smallest absolute Gasteiger partial charge is 0.450 e. The first-order chi connectivity index (χ1) is 1.73. The Hall–Kier alpha value is 2.70. The van der Waals surface area contributed by atoms with Crippen LogP contribution in [0.2, 0.25) is 0 Å². The summed E-state index contributed by atoms with van der Waals surface area (Å²) in [4.78, 5) is 8.56. The van der Waals surface area contributed by atoms with Gasteiger partial charge >= 0.3 is 104 Å². The van der Waals surface area contributed by atoms with E-state index in [0.717, 1.165) is 0 Å². The van der Waals surface area contributed by atoms with Crippen LogP contribution in [0.3, 0.4) is 0 Å². The largest absolute Gasteiger partial charge is 2.00 e. The molecule has 0 aromatic carbocycles. The van der Waals surface area contributed by atoms with Crippen molar-refractivity contribution in [2.24, 2.45) is 0 Å². The molecule has 0 unspecified atom stereocenters. The predicted octanol–water partition coefficient (Wildman–Crippen LogP) is -0.117. The fraction of sp³-hybridized carbons (Fsp3) is 0. The third-order valence-corrected chi connectivity index (χ3v) is 0. The van der Waals surface area contributed by atoms with Crippen molar-refractivity contribution in [3.63, 3.8) is 0 Å². The second-order valence-corrected chi connectivity index (χ2v) is 0.283. The molecule has 0 aromatic heterocycles. The number of rotatable bonds is 0. The Balaban J connectivity index is -0.0000000150. The van der Waals surface area contributed by atoms with Gasteiger partial charge in [-0.3, -0.25) is 0 Å². The SMILES string of the molecule is Cl.O=C(O)O.[Ba+2].[Ba+2]. The maximum Gasteiger partial charge on any atom is 2.00 e. The van der Waals surface area contributed by atoms with Gasteiger partial charge in [-0.25, -0.2) is 4.79 Å². The predicted molar refractivity (Wildman–Crippen MR) is 29.4 cm³/mol. The molecule has 0 aromatic rings. The molecule has 0 aliphatic carbocycles. The first-order valence-electron chi connectivity index (χ1n) is 0.651. The van der Waals surface area contributed by atoms with Crippen LogP contribution in [0.15, 0.2) is 0 Å². The summed E-state index contributed by atoms with van der Waals surface area (Å²) >= 11 is 0. The maximum atomic E-state index is 8.56. The molecule has 0 atom stereocenters. The average molecular weight is 373 g/mol. The summed E-state index contributed by atoms with van der Waals surface area (Å²) in [5.74, 6) is 0. The van der Waals surface area contributed by atoms with Gasteiger partial charge in [-0.2, -0.15) is 0 Å². The first kappa shape index (κ1) is 22.6. The molecule has 0 aliphatic heterocycles. The van der Waals surface area contributed by atoms with E-state index >= 15 is 0 Å². The third-order valence-electron chi connectivity index (χ3n) is 0. The molecule has 0 heterocycles. The van der Waals surface area contributed by atoms with Crippen LogP contribution in [0.1, 0.15) is 0 Å². The van der Waals surface area contributed by atoms with E-state index in [0.29, 0.717) is 0 Å². The zero-order valence-corrected chi connectivity index (χ0v) is 13.3. The van der Waals surface area contributed by atoms with Gasteiger partial charge < -0.3 is 10.2 Å². The molecular formula is CH3Ba2ClO3+4. The Morgan fingerprint density at radius 2 is 1.14 bits per heavy atom. The summed E-state index contributed by atoms with van der Waals surface area (Å²) in [6.45, 7) is 0. The topological polar surface area (TPSA) is 57.5 Å². The molecule has 0 aliphatic rings. The van der Waals surface area contributed by atoms with Gasteiger partial charge in [0.2, 0.25) is 0 Å².